The van der Waals surface area contributed by atoms with Crippen LogP contribution in [0.1, 0.15) is 11.3 Å². The smallest absolute Gasteiger partial charge is 0.548 e. The van der Waals surface area contributed by atoms with Crippen LogP contribution in [0.3, 0.4) is 0 Å². The number of benzene rings is 1. The van der Waals surface area contributed by atoms with Gasteiger partial charge in [0.15, 0.2) is 0 Å². The van der Waals surface area contributed by atoms with Crippen molar-refractivity contribution in [2.45, 2.75) is 20.4 Å². The van der Waals surface area contributed by atoms with Gasteiger partial charge in [-0.1, -0.05) is 0 Å². The summed E-state index contributed by atoms with van der Waals surface area (Å²) in [6, 6.07) is 4.57. The number of carboxylic acid groups (broad SMARTS) is 1. The minimum absolute atomic E-state index is 0. The van der Waals surface area contributed by atoms with Crippen molar-refractivity contribution in [3.8, 4) is 0 Å². The van der Waals surface area contributed by atoms with Crippen LogP contribution in [0.25, 0.3) is 10.9 Å². The molecule has 0 fully saturated rings. The molecule has 0 amide bonds. The van der Waals surface area contributed by atoms with Crippen molar-refractivity contribution in [2.75, 3.05) is 0 Å². The van der Waals surface area contributed by atoms with E-state index in [4.69, 9.17) is 0 Å². The maximum atomic E-state index is 13.2. The summed E-state index contributed by atoms with van der Waals surface area (Å²) in [6.45, 7) is 3.35. The number of aromatic nitrogens is 1. The van der Waals surface area contributed by atoms with Crippen molar-refractivity contribution in [3.05, 3.63) is 35.3 Å². The number of carbonyl (C=O) groups excluding carboxylic acids is 1. The summed E-state index contributed by atoms with van der Waals surface area (Å²) in [7, 11) is 0. The quantitative estimate of drug-likeness (QED) is 0.595. The van der Waals surface area contributed by atoms with Gasteiger partial charge >= 0.3 is 51.4 Å². The summed E-state index contributed by atoms with van der Waals surface area (Å²) in [5.41, 5.74) is 2.26. The first-order chi connectivity index (χ1) is 7.49. The fraction of sp³-hybridized carbons (Fsp3) is 0.250. The van der Waals surface area contributed by atoms with Gasteiger partial charge in [0.1, 0.15) is 5.82 Å². The van der Waals surface area contributed by atoms with E-state index in [0.717, 1.165) is 22.2 Å². The number of carboxylic acids is 1. The third-order valence-corrected chi connectivity index (χ3v) is 2.64. The Balaban J connectivity index is 0.00000144. The van der Waals surface area contributed by atoms with Crippen LogP contribution in [0.5, 0.6) is 0 Å². The first kappa shape index (κ1) is 14.9. The van der Waals surface area contributed by atoms with Gasteiger partial charge in [0.25, 0.3) is 0 Å². The Morgan fingerprint density at radius 3 is 2.59 bits per heavy atom. The monoisotopic (exact) mass is 259 g/mol. The van der Waals surface area contributed by atoms with Crippen molar-refractivity contribution in [2.24, 2.45) is 0 Å². The minimum atomic E-state index is -1.15. The van der Waals surface area contributed by atoms with Crippen molar-refractivity contribution < 1.29 is 65.7 Å². The van der Waals surface area contributed by atoms with E-state index in [-0.39, 0.29) is 63.7 Å². The fourth-order valence-electron chi connectivity index (χ4n) is 2.05. The molecule has 0 aliphatic heterocycles. The summed E-state index contributed by atoms with van der Waals surface area (Å²) in [4.78, 5) is 10.6. The number of hydrogen-bond acceptors (Lipinski definition) is 2. The van der Waals surface area contributed by atoms with Crippen LogP contribution in [0, 0.1) is 19.7 Å². The Morgan fingerprint density at radius 1 is 1.35 bits per heavy atom. The predicted molar refractivity (Wildman–Crippen MR) is 56.4 cm³/mol. The number of fused-ring (bicyclic) bond motifs is 1. The second-order valence-electron chi connectivity index (χ2n) is 3.90. The van der Waals surface area contributed by atoms with Crippen LogP contribution < -0.4 is 56.5 Å². The second-order valence-corrected chi connectivity index (χ2v) is 3.90. The molecular weight excluding hydrogens is 248 g/mol. The molecule has 0 spiro atoms. The van der Waals surface area contributed by atoms with Gasteiger partial charge in [0.05, 0.1) is 18.0 Å². The molecule has 1 aromatic heterocycles. The number of carbonyl (C=O) groups is 1. The Bertz CT molecular complexity index is 577. The van der Waals surface area contributed by atoms with E-state index in [9.17, 15) is 14.3 Å². The molecule has 0 atom stereocenters. The molecule has 1 heterocycles. The molecule has 0 radical (unpaired) electrons. The average Bonchev–Trinajstić information content (AvgIpc) is 2.41. The van der Waals surface area contributed by atoms with Crippen LogP contribution in [-0.4, -0.2) is 10.5 Å². The molecule has 17 heavy (non-hydrogen) atoms. The van der Waals surface area contributed by atoms with Crippen LogP contribution >= 0.6 is 0 Å². The number of aryl methyl sites for hydroxylation is 2. The standard InChI is InChI=1S/C12H12FNO2.K/c1-7-3-10(13)5-9-4-8(2)14(12(7)9)6-11(15)16;/h3-5H,6H2,1-2H3,(H,15,16);/q;+1/p-1. The number of rotatable bonds is 2. The van der Waals surface area contributed by atoms with Gasteiger partial charge in [0.2, 0.25) is 0 Å². The molecule has 0 aliphatic rings. The van der Waals surface area contributed by atoms with Gasteiger partial charge in [-0.3, -0.25) is 0 Å². The van der Waals surface area contributed by atoms with E-state index in [1.54, 1.807) is 24.5 Å². The molecule has 5 heteroatoms. The number of halogens is 1. The fourth-order valence-corrected chi connectivity index (χ4v) is 2.05. The Hall–Kier alpha value is -0.204. The third kappa shape index (κ3) is 2.97. The van der Waals surface area contributed by atoms with Gasteiger partial charge in [-0.05, 0) is 37.6 Å². The van der Waals surface area contributed by atoms with Crippen molar-refractivity contribution >= 4 is 16.9 Å². The molecule has 3 nitrogen and oxygen atoms in total. The summed E-state index contributed by atoms with van der Waals surface area (Å²) in [5, 5.41) is 11.4. The molecule has 0 saturated heterocycles. The van der Waals surface area contributed by atoms with Gasteiger partial charge in [-0.15, -0.1) is 0 Å². The first-order valence-corrected chi connectivity index (χ1v) is 4.95. The van der Waals surface area contributed by atoms with Crippen LogP contribution in [0.4, 0.5) is 4.39 Å². The Labute approximate surface area is 141 Å². The van der Waals surface area contributed by atoms with E-state index in [2.05, 4.69) is 0 Å². The number of hydrogen-bond donors (Lipinski definition) is 0. The van der Waals surface area contributed by atoms with Crippen LogP contribution in [0.15, 0.2) is 18.2 Å². The SMILES string of the molecule is Cc1cc(F)cc2cc(C)n(CC(=O)[O-])c12.[K+]. The zero-order chi connectivity index (χ0) is 11.9. The molecule has 84 valence electrons. The van der Waals surface area contributed by atoms with Gasteiger partial charge < -0.3 is 14.5 Å². The molecule has 1 aromatic carbocycles. The molecule has 0 aliphatic carbocycles. The van der Waals surface area contributed by atoms with E-state index >= 15 is 0 Å². The third-order valence-electron chi connectivity index (χ3n) is 2.64. The minimum Gasteiger partial charge on any atom is -0.548 e. The molecule has 0 saturated carbocycles. The summed E-state index contributed by atoms with van der Waals surface area (Å²) in [6.07, 6.45) is 0. The number of nitrogens with zero attached hydrogens (tertiary/aromatic N) is 1. The topological polar surface area (TPSA) is 45.1 Å². The van der Waals surface area contributed by atoms with Gasteiger partial charge in [0, 0.05) is 11.1 Å². The van der Waals surface area contributed by atoms with Gasteiger partial charge in [-0.2, -0.15) is 0 Å². The molecule has 0 N–H and O–H groups in total. The van der Waals surface area contributed by atoms with Crippen LogP contribution in [0.2, 0.25) is 0 Å². The summed E-state index contributed by atoms with van der Waals surface area (Å²) >= 11 is 0. The summed E-state index contributed by atoms with van der Waals surface area (Å²) < 4.78 is 14.8. The molecule has 2 aromatic rings. The van der Waals surface area contributed by atoms with E-state index < -0.39 is 5.97 Å². The summed E-state index contributed by atoms with van der Waals surface area (Å²) in [5.74, 6) is -1.46. The van der Waals surface area contributed by atoms with Crippen molar-refractivity contribution in [3.63, 3.8) is 0 Å². The largest absolute Gasteiger partial charge is 1.00 e. The first-order valence-electron chi connectivity index (χ1n) is 4.95. The predicted octanol–water partition coefficient (Wildman–Crippen LogP) is -1.85. The maximum Gasteiger partial charge on any atom is 1.00 e. The van der Waals surface area contributed by atoms with E-state index in [0.29, 0.717) is 0 Å². The zero-order valence-corrected chi connectivity index (χ0v) is 13.2. The van der Waals surface area contributed by atoms with E-state index in [1.165, 1.54) is 12.1 Å². The normalized spacial score (nSPS) is 10.3. The van der Waals surface area contributed by atoms with Crippen molar-refractivity contribution in [1.29, 1.82) is 0 Å². The second kappa shape index (κ2) is 5.62. The average molecular weight is 259 g/mol. The number of aliphatic carboxylic acids is 1. The van der Waals surface area contributed by atoms with E-state index in [1.807, 2.05) is 0 Å². The molecular formula is C12H11FKNO2. The Kier molecular flexibility index (Phi) is 4.92. The van der Waals surface area contributed by atoms with Crippen LogP contribution in [-0.2, 0) is 11.3 Å². The maximum absolute atomic E-state index is 13.2. The zero-order valence-electron chi connectivity index (χ0n) is 10.1. The van der Waals surface area contributed by atoms with Crippen molar-refractivity contribution in [1.82, 2.24) is 4.57 Å². The molecule has 2 rings (SSSR count). The van der Waals surface area contributed by atoms with Gasteiger partial charge in [-0.25, -0.2) is 4.39 Å². The molecule has 0 unspecified atom stereocenters. The molecule has 0 bridgehead atoms. The Morgan fingerprint density at radius 2 is 2.00 bits per heavy atom.